The van der Waals surface area contributed by atoms with Crippen molar-refractivity contribution in [3.8, 4) is 0 Å². The van der Waals surface area contributed by atoms with Crippen molar-refractivity contribution in [2.45, 2.75) is 6.42 Å². The molecule has 14 heavy (non-hydrogen) atoms. The Morgan fingerprint density at radius 2 is 2.14 bits per heavy atom. The van der Waals surface area contributed by atoms with Crippen LogP contribution in [0.15, 0.2) is 0 Å². The van der Waals surface area contributed by atoms with Gasteiger partial charge in [0.15, 0.2) is 0 Å². The van der Waals surface area contributed by atoms with Gasteiger partial charge < -0.3 is 20.6 Å². The van der Waals surface area contributed by atoms with Crippen molar-refractivity contribution >= 4 is 5.91 Å². The highest BCUT2D eigenvalue weighted by atomic mass is 16.3. The van der Waals surface area contributed by atoms with Crippen molar-refractivity contribution in [1.29, 1.82) is 0 Å². The zero-order valence-electron chi connectivity index (χ0n) is 8.46. The molecule has 82 valence electrons. The first-order chi connectivity index (χ1) is 6.83. The molecular weight excluding hydrogens is 182 g/mol. The highest BCUT2D eigenvalue weighted by Crippen LogP contribution is 1.93. The van der Waals surface area contributed by atoms with Gasteiger partial charge in [-0.1, -0.05) is 0 Å². The molecule has 5 heteroatoms. The molecule has 1 aliphatic heterocycles. The lowest BCUT2D eigenvalue weighted by atomic mass is 10.3. The van der Waals surface area contributed by atoms with E-state index in [4.69, 9.17) is 5.11 Å². The number of aliphatic hydroxyl groups is 1. The zero-order valence-corrected chi connectivity index (χ0v) is 8.46. The summed E-state index contributed by atoms with van der Waals surface area (Å²) in [7, 11) is 0. The molecule has 0 unspecified atom stereocenters. The molecule has 0 atom stereocenters. The predicted molar refractivity (Wildman–Crippen MR) is 54.0 cm³/mol. The largest absolute Gasteiger partial charge is 0.395 e. The van der Waals surface area contributed by atoms with Gasteiger partial charge in [-0.3, -0.25) is 4.79 Å². The molecule has 1 rings (SSSR count). The first-order valence-corrected chi connectivity index (χ1v) is 5.13. The molecule has 1 amide bonds. The second-order valence-corrected chi connectivity index (χ2v) is 3.42. The summed E-state index contributed by atoms with van der Waals surface area (Å²) in [5, 5.41) is 14.4. The quantitative estimate of drug-likeness (QED) is 0.501. The van der Waals surface area contributed by atoms with Gasteiger partial charge in [-0.2, -0.15) is 0 Å². The Morgan fingerprint density at radius 1 is 1.43 bits per heavy atom. The summed E-state index contributed by atoms with van der Waals surface area (Å²) in [6.07, 6.45) is 0.528. The Hall–Kier alpha value is -0.650. The van der Waals surface area contributed by atoms with Crippen LogP contribution in [-0.4, -0.2) is 61.8 Å². The molecule has 5 nitrogen and oxygen atoms in total. The van der Waals surface area contributed by atoms with E-state index in [1.54, 1.807) is 0 Å². The van der Waals surface area contributed by atoms with E-state index in [0.29, 0.717) is 13.0 Å². The number of carbonyl (C=O) groups excluding carboxylic acids is 1. The number of rotatable bonds is 5. The van der Waals surface area contributed by atoms with Crippen molar-refractivity contribution < 1.29 is 9.90 Å². The highest BCUT2D eigenvalue weighted by molar-refractivity contribution is 5.76. The fourth-order valence-corrected chi connectivity index (χ4v) is 1.48. The van der Waals surface area contributed by atoms with E-state index in [9.17, 15) is 4.79 Å². The molecule has 1 saturated heterocycles. The topological polar surface area (TPSA) is 64.6 Å². The first kappa shape index (κ1) is 11.4. The van der Waals surface area contributed by atoms with Gasteiger partial charge in [-0.15, -0.1) is 0 Å². The summed E-state index contributed by atoms with van der Waals surface area (Å²) < 4.78 is 0. The van der Waals surface area contributed by atoms with E-state index in [1.165, 1.54) is 0 Å². The van der Waals surface area contributed by atoms with Crippen LogP contribution in [0.2, 0.25) is 0 Å². The molecule has 0 aromatic heterocycles. The van der Waals surface area contributed by atoms with Crippen LogP contribution in [-0.2, 0) is 4.79 Å². The molecule has 0 aliphatic carbocycles. The summed E-state index contributed by atoms with van der Waals surface area (Å²) in [5.41, 5.74) is 0. The third-order valence-corrected chi connectivity index (χ3v) is 2.30. The molecular formula is C9H19N3O2. The Balaban J connectivity index is 2.03. The van der Waals surface area contributed by atoms with Gasteiger partial charge in [0.2, 0.25) is 5.91 Å². The molecule has 1 aliphatic rings. The standard InChI is InChI=1S/C9H19N3O2/c13-8-4-11-9(14)1-5-12-6-2-10-3-7-12/h10,13H,1-8H2,(H,11,14). The molecule has 0 spiro atoms. The Bertz CT molecular complexity index is 169. The van der Waals surface area contributed by atoms with Crippen molar-refractivity contribution in [2.75, 3.05) is 45.9 Å². The maximum Gasteiger partial charge on any atom is 0.221 e. The second kappa shape index (κ2) is 6.75. The Kier molecular flexibility index (Phi) is 5.51. The normalized spacial score (nSPS) is 18.1. The number of hydrogen-bond donors (Lipinski definition) is 3. The average Bonchev–Trinajstić information content (AvgIpc) is 2.25. The van der Waals surface area contributed by atoms with Crippen LogP contribution >= 0.6 is 0 Å². The number of carbonyl (C=O) groups is 1. The van der Waals surface area contributed by atoms with Crippen molar-refractivity contribution in [3.05, 3.63) is 0 Å². The van der Waals surface area contributed by atoms with Crippen LogP contribution in [0.4, 0.5) is 0 Å². The number of nitrogens with zero attached hydrogens (tertiary/aromatic N) is 1. The Morgan fingerprint density at radius 3 is 2.79 bits per heavy atom. The third-order valence-electron chi connectivity index (χ3n) is 2.30. The summed E-state index contributed by atoms with van der Waals surface area (Å²) >= 11 is 0. The fourth-order valence-electron chi connectivity index (χ4n) is 1.48. The van der Waals surface area contributed by atoms with Gasteiger partial charge in [0.25, 0.3) is 0 Å². The zero-order chi connectivity index (χ0) is 10.2. The van der Waals surface area contributed by atoms with Crippen LogP contribution in [0.3, 0.4) is 0 Å². The number of aliphatic hydroxyl groups excluding tert-OH is 1. The minimum atomic E-state index is 0.0133. The molecule has 0 bridgehead atoms. The summed E-state index contributed by atoms with van der Waals surface area (Å²) in [6.45, 7) is 5.26. The third kappa shape index (κ3) is 4.55. The number of nitrogens with one attached hydrogen (secondary N) is 2. The number of amides is 1. The summed E-state index contributed by atoms with van der Waals surface area (Å²) in [6, 6.07) is 0. The maximum atomic E-state index is 11.2. The van der Waals surface area contributed by atoms with Crippen LogP contribution in [0.5, 0.6) is 0 Å². The maximum absolute atomic E-state index is 11.2. The smallest absolute Gasteiger partial charge is 0.221 e. The average molecular weight is 201 g/mol. The molecule has 0 radical (unpaired) electrons. The SMILES string of the molecule is O=C(CCN1CCNCC1)NCCO. The van der Waals surface area contributed by atoms with Gasteiger partial charge in [0.05, 0.1) is 6.61 Å². The van der Waals surface area contributed by atoms with Crippen molar-refractivity contribution in [3.63, 3.8) is 0 Å². The van der Waals surface area contributed by atoms with E-state index < -0.39 is 0 Å². The van der Waals surface area contributed by atoms with E-state index in [-0.39, 0.29) is 12.5 Å². The monoisotopic (exact) mass is 201 g/mol. The molecule has 1 heterocycles. The van der Waals surface area contributed by atoms with Crippen LogP contribution in [0.1, 0.15) is 6.42 Å². The van der Waals surface area contributed by atoms with E-state index in [2.05, 4.69) is 15.5 Å². The predicted octanol–water partition coefficient (Wildman–Crippen LogP) is -1.61. The molecule has 3 N–H and O–H groups in total. The highest BCUT2D eigenvalue weighted by Gasteiger charge is 2.10. The molecule has 1 fully saturated rings. The van der Waals surface area contributed by atoms with Crippen LogP contribution in [0, 0.1) is 0 Å². The van der Waals surface area contributed by atoms with E-state index in [0.717, 1.165) is 32.7 Å². The molecule has 0 saturated carbocycles. The van der Waals surface area contributed by atoms with Crippen molar-refractivity contribution in [1.82, 2.24) is 15.5 Å². The lowest BCUT2D eigenvalue weighted by Gasteiger charge is -2.26. The van der Waals surface area contributed by atoms with Crippen LogP contribution < -0.4 is 10.6 Å². The van der Waals surface area contributed by atoms with Crippen molar-refractivity contribution in [2.24, 2.45) is 0 Å². The number of hydrogen-bond acceptors (Lipinski definition) is 4. The number of piperazine rings is 1. The van der Waals surface area contributed by atoms with Crippen LogP contribution in [0.25, 0.3) is 0 Å². The summed E-state index contributed by atoms with van der Waals surface area (Å²) in [4.78, 5) is 13.5. The Labute approximate surface area is 84.5 Å². The molecule has 0 aromatic rings. The van der Waals surface area contributed by atoms with E-state index >= 15 is 0 Å². The minimum Gasteiger partial charge on any atom is -0.395 e. The van der Waals surface area contributed by atoms with E-state index in [1.807, 2.05) is 0 Å². The second-order valence-electron chi connectivity index (χ2n) is 3.42. The summed E-state index contributed by atoms with van der Waals surface area (Å²) in [5.74, 6) is 0.0255. The van der Waals surface area contributed by atoms with Gasteiger partial charge in [-0.25, -0.2) is 0 Å². The van der Waals surface area contributed by atoms with Gasteiger partial charge in [0, 0.05) is 45.7 Å². The minimum absolute atomic E-state index is 0.0133. The molecule has 0 aromatic carbocycles. The van der Waals surface area contributed by atoms with Gasteiger partial charge in [0.1, 0.15) is 0 Å². The fraction of sp³-hybridized carbons (Fsp3) is 0.889. The lowest BCUT2D eigenvalue weighted by Crippen LogP contribution is -2.44. The lowest BCUT2D eigenvalue weighted by molar-refractivity contribution is -0.121. The first-order valence-electron chi connectivity index (χ1n) is 5.13. The van der Waals surface area contributed by atoms with Gasteiger partial charge >= 0.3 is 0 Å². The van der Waals surface area contributed by atoms with Gasteiger partial charge in [-0.05, 0) is 0 Å².